The van der Waals surface area contributed by atoms with Crippen LogP contribution in [-0.2, 0) is 25.5 Å². The molecular formula is C29H44N2O5. The molecule has 0 saturated heterocycles. The number of hydrogen-bond acceptors (Lipinski definition) is 5. The van der Waals surface area contributed by atoms with Gasteiger partial charge < -0.3 is 20.5 Å². The number of carbonyl (C=O) groups is 3. The van der Waals surface area contributed by atoms with Gasteiger partial charge in [0.05, 0.1) is 24.5 Å². The molecule has 1 aromatic carbocycles. The highest BCUT2D eigenvalue weighted by Gasteiger charge is 2.32. The van der Waals surface area contributed by atoms with Crippen molar-refractivity contribution in [3.63, 3.8) is 0 Å². The highest BCUT2D eigenvalue weighted by Crippen LogP contribution is 2.23. The summed E-state index contributed by atoms with van der Waals surface area (Å²) in [5.74, 6) is -1.85. The second kappa shape index (κ2) is 15.9. The third-order valence-electron chi connectivity index (χ3n) is 6.07. The molecule has 0 aromatic heterocycles. The van der Waals surface area contributed by atoms with Crippen LogP contribution < -0.4 is 10.6 Å². The number of hydrogen-bond donors (Lipinski definition) is 3. The monoisotopic (exact) mass is 500 g/mol. The molecule has 0 saturated carbocycles. The van der Waals surface area contributed by atoms with E-state index in [0.29, 0.717) is 25.7 Å². The van der Waals surface area contributed by atoms with Gasteiger partial charge >= 0.3 is 5.97 Å². The van der Waals surface area contributed by atoms with E-state index in [2.05, 4.69) is 23.8 Å². The highest BCUT2D eigenvalue weighted by atomic mass is 16.5. The summed E-state index contributed by atoms with van der Waals surface area (Å²) in [7, 11) is 0. The molecule has 0 bridgehead atoms. The number of nitrogens with one attached hydrogen (secondary N) is 2. The van der Waals surface area contributed by atoms with Gasteiger partial charge in [-0.1, -0.05) is 63.3 Å². The lowest BCUT2D eigenvalue weighted by atomic mass is 9.86. The van der Waals surface area contributed by atoms with E-state index >= 15 is 0 Å². The van der Waals surface area contributed by atoms with Crippen molar-refractivity contribution in [2.24, 2.45) is 17.3 Å². The Kier molecular flexibility index (Phi) is 13.8. The summed E-state index contributed by atoms with van der Waals surface area (Å²) in [5, 5.41) is 14.8. The maximum Gasteiger partial charge on any atom is 0.309 e. The molecule has 2 amide bonds. The zero-order chi connectivity index (χ0) is 27.1. The number of aliphatic hydroxyl groups excluding tert-OH is 1. The molecule has 7 nitrogen and oxygen atoms in total. The molecule has 4 atom stereocenters. The lowest BCUT2D eigenvalue weighted by Gasteiger charge is -2.32. The quantitative estimate of drug-likeness (QED) is 0.235. The van der Waals surface area contributed by atoms with E-state index in [4.69, 9.17) is 9.84 Å². The Morgan fingerprint density at radius 1 is 1.06 bits per heavy atom. The molecule has 1 aromatic rings. The zero-order valence-corrected chi connectivity index (χ0v) is 22.3. The molecule has 4 unspecified atom stereocenters. The molecule has 200 valence electrons. The molecule has 7 heteroatoms. The van der Waals surface area contributed by atoms with Gasteiger partial charge in [-0.15, -0.1) is 13.2 Å². The van der Waals surface area contributed by atoms with Crippen LogP contribution in [-0.4, -0.2) is 48.2 Å². The molecule has 0 heterocycles. The van der Waals surface area contributed by atoms with E-state index in [9.17, 15) is 14.4 Å². The van der Waals surface area contributed by atoms with Gasteiger partial charge in [0.25, 0.3) is 0 Å². The van der Waals surface area contributed by atoms with Crippen molar-refractivity contribution in [1.29, 1.82) is 0 Å². The van der Waals surface area contributed by atoms with Gasteiger partial charge in [0.1, 0.15) is 6.61 Å². The van der Waals surface area contributed by atoms with Crippen molar-refractivity contribution < 1.29 is 24.2 Å². The fraction of sp³-hybridized carbons (Fsp3) is 0.552. The van der Waals surface area contributed by atoms with Crippen LogP contribution >= 0.6 is 0 Å². The predicted molar refractivity (Wildman–Crippen MR) is 143 cm³/mol. The van der Waals surface area contributed by atoms with Crippen molar-refractivity contribution in [2.45, 2.75) is 71.9 Å². The lowest BCUT2D eigenvalue weighted by Crippen LogP contribution is -2.50. The van der Waals surface area contributed by atoms with Crippen LogP contribution in [0.1, 0.15) is 58.9 Å². The van der Waals surface area contributed by atoms with Crippen LogP contribution in [0, 0.1) is 17.3 Å². The number of allylic oxidation sites excluding steroid dienone is 2. The van der Waals surface area contributed by atoms with Crippen LogP contribution in [0.4, 0.5) is 0 Å². The number of amides is 2. The molecule has 0 aliphatic carbocycles. The van der Waals surface area contributed by atoms with E-state index in [1.54, 1.807) is 19.1 Å². The first-order valence-electron chi connectivity index (χ1n) is 12.6. The molecule has 0 aliphatic rings. The van der Waals surface area contributed by atoms with Crippen molar-refractivity contribution in [2.75, 3.05) is 13.2 Å². The third-order valence-corrected chi connectivity index (χ3v) is 6.07. The molecule has 3 N–H and O–H groups in total. The third kappa shape index (κ3) is 11.7. The Bertz CT molecular complexity index is 847. The average Bonchev–Trinajstić information content (AvgIpc) is 2.83. The molecule has 0 aliphatic heterocycles. The van der Waals surface area contributed by atoms with Gasteiger partial charge in [0, 0.05) is 12.5 Å². The molecule has 36 heavy (non-hydrogen) atoms. The topological polar surface area (TPSA) is 105 Å². The van der Waals surface area contributed by atoms with Crippen LogP contribution in [0.25, 0.3) is 0 Å². The number of carbonyl (C=O) groups excluding carboxylic acids is 3. The normalized spacial score (nSPS) is 14.6. The van der Waals surface area contributed by atoms with E-state index in [1.165, 1.54) is 0 Å². The van der Waals surface area contributed by atoms with Gasteiger partial charge in [-0.05, 0) is 43.6 Å². The van der Waals surface area contributed by atoms with Crippen molar-refractivity contribution in [3.8, 4) is 0 Å². The minimum atomic E-state index is -0.618. The molecule has 0 spiro atoms. The predicted octanol–water partition coefficient (Wildman–Crippen LogP) is 3.97. The first kappa shape index (κ1) is 31.1. The minimum absolute atomic E-state index is 0.0282. The van der Waals surface area contributed by atoms with Gasteiger partial charge in [0.2, 0.25) is 11.8 Å². The van der Waals surface area contributed by atoms with Gasteiger partial charge in [-0.25, -0.2) is 0 Å². The zero-order valence-electron chi connectivity index (χ0n) is 22.3. The van der Waals surface area contributed by atoms with Gasteiger partial charge in [-0.2, -0.15) is 0 Å². The first-order valence-corrected chi connectivity index (χ1v) is 12.6. The average molecular weight is 501 g/mol. The largest absolute Gasteiger partial charge is 0.463 e. The Morgan fingerprint density at radius 2 is 1.72 bits per heavy atom. The summed E-state index contributed by atoms with van der Waals surface area (Å²) in [5.41, 5.74) is 0.670. The van der Waals surface area contributed by atoms with Crippen LogP contribution in [0.2, 0.25) is 0 Å². The molecular weight excluding hydrogens is 456 g/mol. The molecule has 0 radical (unpaired) electrons. The SMILES string of the molecule is C=CCCC(Cc1ccccc1)C(=O)OCC(NC(=O)C(CC=C)CC(=O)NC(C)CO)C(C)(C)C. The Labute approximate surface area is 216 Å². The number of aliphatic hydroxyl groups is 1. The van der Waals surface area contributed by atoms with E-state index < -0.39 is 23.4 Å². The smallest absolute Gasteiger partial charge is 0.309 e. The van der Waals surface area contributed by atoms with Crippen LogP contribution in [0.15, 0.2) is 55.6 Å². The van der Waals surface area contributed by atoms with Crippen LogP contribution in [0.5, 0.6) is 0 Å². The Balaban J connectivity index is 2.86. The second-order valence-corrected chi connectivity index (χ2v) is 10.4. The van der Waals surface area contributed by atoms with E-state index in [1.807, 2.05) is 51.1 Å². The van der Waals surface area contributed by atoms with Crippen molar-refractivity contribution >= 4 is 17.8 Å². The van der Waals surface area contributed by atoms with E-state index in [0.717, 1.165) is 5.56 Å². The Hall–Kier alpha value is -2.93. The van der Waals surface area contributed by atoms with Crippen molar-refractivity contribution in [3.05, 3.63) is 61.2 Å². The van der Waals surface area contributed by atoms with Crippen molar-refractivity contribution in [1.82, 2.24) is 10.6 Å². The van der Waals surface area contributed by atoms with Crippen LogP contribution in [0.3, 0.4) is 0 Å². The summed E-state index contributed by atoms with van der Waals surface area (Å²) in [6.45, 7) is 14.9. The summed E-state index contributed by atoms with van der Waals surface area (Å²) in [4.78, 5) is 38.4. The lowest BCUT2D eigenvalue weighted by molar-refractivity contribution is -0.151. The molecule has 1 rings (SSSR count). The molecule has 0 fully saturated rings. The van der Waals surface area contributed by atoms with E-state index in [-0.39, 0.29) is 43.3 Å². The number of rotatable bonds is 16. The standard InChI is InChI=1S/C29H44N2O5/c1-7-9-16-24(17-22-14-11-10-12-15-22)28(35)36-20-25(29(4,5)6)31-27(34)23(13-8-2)18-26(33)30-21(3)19-32/h7-8,10-12,14-15,21,23-25,32H,1-2,9,13,16-20H2,3-6H3,(H,30,33)(H,31,34). The summed E-state index contributed by atoms with van der Waals surface area (Å²) >= 11 is 0. The highest BCUT2D eigenvalue weighted by molar-refractivity contribution is 5.86. The summed E-state index contributed by atoms with van der Waals surface area (Å²) in [6.07, 6.45) is 5.60. The maximum absolute atomic E-state index is 13.1. The summed E-state index contributed by atoms with van der Waals surface area (Å²) in [6, 6.07) is 8.97. The Morgan fingerprint density at radius 3 is 2.28 bits per heavy atom. The first-order chi connectivity index (χ1) is 17.0. The fourth-order valence-electron chi connectivity index (χ4n) is 3.69. The number of ether oxygens (including phenoxy) is 1. The number of benzene rings is 1. The second-order valence-electron chi connectivity index (χ2n) is 10.4. The maximum atomic E-state index is 13.1. The number of esters is 1. The van der Waals surface area contributed by atoms with Gasteiger partial charge in [0.15, 0.2) is 0 Å². The van der Waals surface area contributed by atoms with Gasteiger partial charge in [-0.3, -0.25) is 14.4 Å². The fourth-order valence-corrected chi connectivity index (χ4v) is 3.69. The minimum Gasteiger partial charge on any atom is -0.463 e. The summed E-state index contributed by atoms with van der Waals surface area (Å²) < 4.78 is 5.74.